The van der Waals surface area contributed by atoms with Gasteiger partial charge >= 0.3 is 0 Å². The van der Waals surface area contributed by atoms with Crippen molar-refractivity contribution in [1.29, 1.82) is 0 Å². The molecule has 0 bridgehead atoms. The second kappa shape index (κ2) is 11.0. The van der Waals surface area contributed by atoms with Crippen LogP contribution in [0.1, 0.15) is 82.8 Å². The summed E-state index contributed by atoms with van der Waals surface area (Å²) in [6.07, 6.45) is 17.8. The van der Waals surface area contributed by atoms with Gasteiger partial charge in [0.05, 0.1) is 13.6 Å². The molecule has 0 saturated heterocycles. The summed E-state index contributed by atoms with van der Waals surface area (Å²) in [5, 5.41) is 1.57. The number of rotatable bonds is 12. The van der Waals surface area contributed by atoms with Crippen LogP contribution < -0.4 is 5.19 Å². The molecule has 0 aliphatic carbocycles. The molecule has 0 radical (unpaired) electrons. The standard InChI is InChI=1S/C26H41NOSi/c1-7-8-9-10-11-12-13-14-15-16-18-22-23(25-27-26(2,3)21-28-25)19-17-20-24(22)29(4,5)6/h1,17,19-20H,8-16,18,21H2,2-6H3. The van der Waals surface area contributed by atoms with Crippen LogP contribution in [-0.4, -0.2) is 26.1 Å². The van der Waals surface area contributed by atoms with E-state index in [4.69, 9.17) is 16.2 Å². The Morgan fingerprint density at radius 3 is 2.17 bits per heavy atom. The average Bonchev–Trinajstić information content (AvgIpc) is 3.02. The third-order valence-corrected chi connectivity index (χ3v) is 7.76. The average molecular weight is 412 g/mol. The van der Waals surface area contributed by atoms with Crippen molar-refractivity contribution in [2.45, 2.75) is 103 Å². The molecule has 2 rings (SSSR count). The second-order valence-corrected chi connectivity index (χ2v) is 15.2. The molecule has 2 nitrogen and oxygen atoms in total. The minimum atomic E-state index is -1.42. The Morgan fingerprint density at radius 1 is 1.00 bits per heavy atom. The Kier molecular flexibility index (Phi) is 9.02. The molecule has 1 heterocycles. The molecule has 29 heavy (non-hydrogen) atoms. The van der Waals surface area contributed by atoms with Crippen molar-refractivity contribution in [3.05, 3.63) is 29.3 Å². The number of hydrogen-bond acceptors (Lipinski definition) is 2. The van der Waals surface area contributed by atoms with E-state index in [0.717, 1.165) is 18.7 Å². The zero-order valence-corrected chi connectivity index (χ0v) is 20.4. The van der Waals surface area contributed by atoms with Crippen molar-refractivity contribution >= 4 is 19.2 Å². The molecular formula is C26H41NOSi. The molecule has 0 N–H and O–H groups in total. The first kappa shape index (κ1) is 23.7. The van der Waals surface area contributed by atoms with Crippen LogP contribution in [0.5, 0.6) is 0 Å². The monoisotopic (exact) mass is 411 g/mol. The van der Waals surface area contributed by atoms with E-state index in [1.54, 1.807) is 5.19 Å². The maximum atomic E-state index is 6.02. The molecule has 3 heteroatoms. The lowest BCUT2D eigenvalue weighted by Gasteiger charge is -2.23. The van der Waals surface area contributed by atoms with Crippen LogP contribution in [0.4, 0.5) is 0 Å². The van der Waals surface area contributed by atoms with Gasteiger partial charge in [-0.25, -0.2) is 4.99 Å². The molecule has 0 amide bonds. The van der Waals surface area contributed by atoms with Gasteiger partial charge in [-0.15, -0.1) is 12.3 Å². The van der Waals surface area contributed by atoms with Gasteiger partial charge in [0.1, 0.15) is 6.61 Å². The third kappa shape index (κ3) is 7.66. The van der Waals surface area contributed by atoms with Crippen LogP contribution in [0.2, 0.25) is 19.6 Å². The topological polar surface area (TPSA) is 21.6 Å². The molecule has 0 fully saturated rings. The lowest BCUT2D eigenvalue weighted by Crippen LogP contribution is -2.41. The van der Waals surface area contributed by atoms with E-state index in [1.807, 2.05) is 0 Å². The third-order valence-electron chi connectivity index (χ3n) is 5.68. The van der Waals surface area contributed by atoms with Crippen molar-refractivity contribution in [3.8, 4) is 12.3 Å². The molecular weight excluding hydrogens is 370 g/mol. The largest absolute Gasteiger partial charge is 0.475 e. The summed E-state index contributed by atoms with van der Waals surface area (Å²) in [7, 11) is -1.42. The maximum absolute atomic E-state index is 6.02. The van der Waals surface area contributed by atoms with E-state index in [9.17, 15) is 0 Å². The van der Waals surface area contributed by atoms with Gasteiger partial charge in [0.15, 0.2) is 0 Å². The highest BCUT2D eigenvalue weighted by atomic mass is 28.3. The smallest absolute Gasteiger partial charge is 0.217 e. The molecule has 0 saturated carbocycles. The van der Waals surface area contributed by atoms with Crippen LogP contribution in [-0.2, 0) is 11.2 Å². The molecule has 1 aliphatic rings. The minimum absolute atomic E-state index is 0.109. The Balaban J connectivity index is 1.94. The summed E-state index contributed by atoms with van der Waals surface area (Å²) in [6, 6.07) is 6.76. The first-order chi connectivity index (χ1) is 13.7. The zero-order chi connectivity index (χ0) is 21.3. The summed E-state index contributed by atoms with van der Waals surface area (Å²) < 4.78 is 6.02. The Morgan fingerprint density at radius 2 is 1.62 bits per heavy atom. The van der Waals surface area contributed by atoms with Crippen LogP contribution in [0.3, 0.4) is 0 Å². The molecule has 160 valence electrons. The molecule has 0 atom stereocenters. The quantitative estimate of drug-likeness (QED) is 0.219. The maximum Gasteiger partial charge on any atom is 0.217 e. The second-order valence-electron chi connectivity index (χ2n) is 10.1. The van der Waals surface area contributed by atoms with Crippen molar-refractivity contribution in [2.75, 3.05) is 6.61 Å². The molecule has 0 aromatic heterocycles. The fraction of sp³-hybridized carbons (Fsp3) is 0.654. The van der Waals surface area contributed by atoms with E-state index < -0.39 is 8.07 Å². The van der Waals surface area contributed by atoms with Gasteiger partial charge in [0.25, 0.3) is 0 Å². The molecule has 0 unspecified atom stereocenters. The Hall–Kier alpha value is -1.53. The minimum Gasteiger partial charge on any atom is -0.475 e. The number of ether oxygens (including phenoxy) is 1. The highest BCUT2D eigenvalue weighted by molar-refractivity contribution is 6.89. The van der Waals surface area contributed by atoms with Crippen molar-refractivity contribution in [1.82, 2.24) is 0 Å². The summed E-state index contributed by atoms with van der Waals surface area (Å²) in [5.41, 5.74) is 2.63. The molecule has 1 aliphatic heterocycles. The van der Waals surface area contributed by atoms with Gasteiger partial charge in [-0.2, -0.15) is 0 Å². The number of hydrogen-bond donors (Lipinski definition) is 0. The number of terminal acetylenes is 1. The highest BCUT2D eigenvalue weighted by Gasteiger charge is 2.30. The lowest BCUT2D eigenvalue weighted by molar-refractivity contribution is 0.279. The van der Waals surface area contributed by atoms with Gasteiger partial charge in [-0.1, -0.05) is 75.5 Å². The van der Waals surface area contributed by atoms with E-state index in [2.05, 4.69) is 57.6 Å². The summed E-state index contributed by atoms with van der Waals surface area (Å²) in [4.78, 5) is 4.87. The van der Waals surface area contributed by atoms with Gasteiger partial charge in [0.2, 0.25) is 5.90 Å². The lowest BCUT2D eigenvalue weighted by atomic mass is 9.99. The Bertz CT molecular complexity index is 721. The van der Waals surface area contributed by atoms with Crippen molar-refractivity contribution < 1.29 is 4.74 Å². The van der Waals surface area contributed by atoms with E-state index in [0.29, 0.717) is 6.61 Å². The van der Waals surface area contributed by atoms with Gasteiger partial charge in [-0.05, 0) is 44.7 Å². The molecule has 0 spiro atoms. The first-order valence-corrected chi connectivity index (χ1v) is 15.0. The molecule has 1 aromatic rings. The SMILES string of the molecule is C#CCCCCCCCCCCc1c(C2=NC(C)(C)CO2)cccc1[Si](C)(C)C. The number of benzene rings is 1. The van der Waals surface area contributed by atoms with Crippen LogP contribution in [0.15, 0.2) is 23.2 Å². The van der Waals surface area contributed by atoms with E-state index in [1.165, 1.54) is 62.5 Å². The first-order valence-electron chi connectivity index (χ1n) is 11.5. The van der Waals surface area contributed by atoms with Crippen molar-refractivity contribution in [3.63, 3.8) is 0 Å². The van der Waals surface area contributed by atoms with Crippen LogP contribution >= 0.6 is 0 Å². The summed E-state index contributed by atoms with van der Waals surface area (Å²) in [5.74, 6) is 3.59. The number of unbranched alkanes of at least 4 members (excludes halogenated alkanes) is 8. The van der Waals surface area contributed by atoms with Gasteiger partial charge in [0, 0.05) is 12.0 Å². The zero-order valence-electron chi connectivity index (χ0n) is 19.4. The number of aliphatic imine (C=N–C) groups is 1. The van der Waals surface area contributed by atoms with Crippen molar-refractivity contribution in [2.24, 2.45) is 4.99 Å². The highest BCUT2D eigenvalue weighted by Crippen LogP contribution is 2.24. The summed E-state index contributed by atoms with van der Waals surface area (Å²) >= 11 is 0. The number of nitrogens with zero attached hydrogens (tertiary/aromatic N) is 1. The fourth-order valence-corrected chi connectivity index (χ4v) is 5.83. The van der Waals surface area contributed by atoms with Gasteiger partial charge in [-0.3, -0.25) is 0 Å². The predicted octanol–water partition coefficient (Wildman–Crippen LogP) is 6.47. The molecule has 1 aromatic carbocycles. The predicted molar refractivity (Wildman–Crippen MR) is 130 cm³/mol. The van der Waals surface area contributed by atoms with E-state index in [-0.39, 0.29) is 5.54 Å². The van der Waals surface area contributed by atoms with Gasteiger partial charge < -0.3 is 4.74 Å². The van der Waals surface area contributed by atoms with Crippen LogP contribution in [0, 0.1) is 12.3 Å². The summed E-state index contributed by atoms with van der Waals surface area (Å²) in [6.45, 7) is 12.3. The van der Waals surface area contributed by atoms with Crippen LogP contribution in [0.25, 0.3) is 0 Å². The Labute approximate surface area is 180 Å². The normalized spacial score (nSPS) is 15.7. The van der Waals surface area contributed by atoms with E-state index >= 15 is 0 Å². The fourth-order valence-electron chi connectivity index (χ4n) is 4.07.